The third-order valence-corrected chi connectivity index (χ3v) is 1.71. The van der Waals surface area contributed by atoms with E-state index in [2.05, 4.69) is 11.6 Å². The van der Waals surface area contributed by atoms with Crippen molar-refractivity contribution in [3.05, 3.63) is 12.7 Å². The summed E-state index contributed by atoms with van der Waals surface area (Å²) in [5, 5.41) is 0. The number of carbonyl (C=O) groups is 1. The van der Waals surface area contributed by atoms with Crippen LogP contribution in [0.3, 0.4) is 0 Å². The predicted molar refractivity (Wildman–Crippen MR) is 48.6 cm³/mol. The summed E-state index contributed by atoms with van der Waals surface area (Å²) >= 11 is 0. The maximum Gasteiger partial charge on any atom is 0.330 e. The Morgan fingerprint density at radius 1 is 1.92 bits per heavy atom. The molecule has 1 rings (SSSR count). The van der Waals surface area contributed by atoms with E-state index in [1.165, 1.54) is 0 Å². The first-order valence-electron chi connectivity index (χ1n) is 4.04. The van der Waals surface area contributed by atoms with Crippen LogP contribution in [0.5, 0.6) is 0 Å². The first-order chi connectivity index (χ1) is 6.06. The highest BCUT2D eigenvalue weighted by Gasteiger charge is 2.31. The standard InChI is InChI=1S/C9H13NO3/c1-4-8(11)13-6-9(3)5-12-7(2)10-9/h4H,1,5-6H2,2-3H3. The zero-order chi connectivity index (χ0) is 9.90. The number of ether oxygens (including phenoxy) is 2. The molecule has 1 aliphatic rings. The van der Waals surface area contributed by atoms with Crippen LogP contribution in [0.4, 0.5) is 0 Å². The molecule has 4 heteroatoms. The molecule has 0 fully saturated rings. The summed E-state index contributed by atoms with van der Waals surface area (Å²) < 4.78 is 10.0. The molecule has 0 aromatic heterocycles. The first-order valence-corrected chi connectivity index (χ1v) is 4.04. The van der Waals surface area contributed by atoms with Crippen molar-refractivity contribution in [3.63, 3.8) is 0 Å². The summed E-state index contributed by atoms with van der Waals surface area (Å²) in [6.45, 7) is 7.65. The van der Waals surface area contributed by atoms with Crippen molar-refractivity contribution >= 4 is 11.9 Å². The van der Waals surface area contributed by atoms with Crippen molar-refractivity contribution in [2.75, 3.05) is 13.2 Å². The van der Waals surface area contributed by atoms with Crippen molar-refractivity contribution in [1.29, 1.82) is 0 Å². The van der Waals surface area contributed by atoms with E-state index in [0.29, 0.717) is 12.5 Å². The maximum absolute atomic E-state index is 10.8. The van der Waals surface area contributed by atoms with E-state index in [9.17, 15) is 4.79 Å². The topological polar surface area (TPSA) is 47.9 Å². The number of hydrogen-bond donors (Lipinski definition) is 0. The van der Waals surface area contributed by atoms with Gasteiger partial charge in [-0.2, -0.15) is 0 Å². The average molecular weight is 183 g/mol. The number of hydrogen-bond acceptors (Lipinski definition) is 4. The van der Waals surface area contributed by atoms with Gasteiger partial charge in [-0.25, -0.2) is 9.79 Å². The van der Waals surface area contributed by atoms with E-state index in [1.807, 2.05) is 6.92 Å². The average Bonchev–Trinajstić information content (AvgIpc) is 2.43. The van der Waals surface area contributed by atoms with Gasteiger partial charge in [0.1, 0.15) is 18.8 Å². The molecule has 0 aromatic rings. The fraction of sp³-hybridized carbons (Fsp3) is 0.556. The Kier molecular flexibility index (Phi) is 2.70. The van der Waals surface area contributed by atoms with E-state index >= 15 is 0 Å². The largest absolute Gasteiger partial charge is 0.479 e. The van der Waals surface area contributed by atoms with Crippen LogP contribution in [0, 0.1) is 0 Å². The molecule has 1 aliphatic heterocycles. The monoisotopic (exact) mass is 183 g/mol. The molecule has 1 atom stereocenters. The third kappa shape index (κ3) is 2.57. The second-order valence-corrected chi connectivity index (χ2v) is 3.23. The van der Waals surface area contributed by atoms with Gasteiger partial charge in [0.05, 0.1) is 0 Å². The van der Waals surface area contributed by atoms with E-state index < -0.39 is 11.5 Å². The Morgan fingerprint density at radius 3 is 3.08 bits per heavy atom. The molecule has 0 aliphatic carbocycles. The minimum absolute atomic E-state index is 0.231. The van der Waals surface area contributed by atoms with Crippen LogP contribution in [0.15, 0.2) is 17.6 Å². The van der Waals surface area contributed by atoms with Gasteiger partial charge in [0, 0.05) is 13.0 Å². The van der Waals surface area contributed by atoms with Crippen molar-refractivity contribution in [2.45, 2.75) is 19.4 Å². The Hall–Kier alpha value is -1.32. The summed E-state index contributed by atoms with van der Waals surface area (Å²) in [6, 6.07) is 0. The molecule has 1 unspecified atom stereocenters. The number of nitrogens with zero attached hydrogens (tertiary/aromatic N) is 1. The van der Waals surface area contributed by atoms with Gasteiger partial charge in [0.2, 0.25) is 0 Å². The molecular weight excluding hydrogens is 170 g/mol. The molecule has 4 nitrogen and oxygen atoms in total. The molecule has 0 saturated heterocycles. The number of carbonyl (C=O) groups excluding carboxylic acids is 1. The fourth-order valence-corrected chi connectivity index (χ4v) is 1.06. The van der Waals surface area contributed by atoms with Gasteiger partial charge in [0.15, 0.2) is 5.90 Å². The lowest BCUT2D eigenvalue weighted by atomic mass is 10.1. The van der Waals surface area contributed by atoms with E-state index in [4.69, 9.17) is 9.47 Å². The van der Waals surface area contributed by atoms with Gasteiger partial charge >= 0.3 is 5.97 Å². The first kappa shape index (κ1) is 9.77. The van der Waals surface area contributed by atoms with Crippen LogP contribution >= 0.6 is 0 Å². The summed E-state index contributed by atoms with van der Waals surface area (Å²) in [6.07, 6.45) is 1.13. The molecule has 13 heavy (non-hydrogen) atoms. The Bertz CT molecular complexity index is 260. The van der Waals surface area contributed by atoms with E-state index in [-0.39, 0.29) is 6.61 Å². The maximum atomic E-state index is 10.8. The zero-order valence-corrected chi connectivity index (χ0v) is 7.87. The van der Waals surface area contributed by atoms with Crippen molar-refractivity contribution < 1.29 is 14.3 Å². The molecule has 0 radical (unpaired) electrons. The van der Waals surface area contributed by atoms with Crippen molar-refractivity contribution in [3.8, 4) is 0 Å². The molecular formula is C9H13NO3. The van der Waals surface area contributed by atoms with Gasteiger partial charge < -0.3 is 9.47 Å². The molecule has 0 N–H and O–H groups in total. The lowest BCUT2D eigenvalue weighted by Crippen LogP contribution is -2.31. The second kappa shape index (κ2) is 3.60. The predicted octanol–water partition coefficient (Wildman–Crippen LogP) is 0.923. The van der Waals surface area contributed by atoms with Gasteiger partial charge in [-0.05, 0) is 6.92 Å². The molecule has 0 aromatic carbocycles. The van der Waals surface area contributed by atoms with Crippen LogP contribution in [0.1, 0.15) is 13.8 Å². The Morgan fingerprint density at radius 2 is 2.62 bits per heavy atom. The van der Waals surface area contributed by atoms with Crippen molar-refractivity contribution in [2.24, 2.45) is 4.99 Å². The highest BCUT2D eigenvalue weighted by Crippen LogP contribution is 2.18. The normalized spacial score (nSPS) is 26.2. The van der Waals surface area contributed by atoms with Crippen molar-refractivity contribution in [1.82, 2.24) is 0 Å². The Labute approximate surface area is 77.2 Å². The lowest BCUT2D eigenvalue weighted by molar-refractivity contribution is -0.139. The van der Waals surface area contributed by atoms with Gasteiger partial charge in [-0.1, -0.05) is 6.58 Å². The van der Waals surface area contributed by atoms with Gasteiger partial charge in [0.25, 0.3) is 0 Å². The van der Waals surface area contributed by atoms with Crippen LogP contribution in [-0.2, 0) is 14.3 Å². The molecule has 0 spiro atoms. The van der Waals surface area contributed by atoms with E-state index in [1.54, 1.807) is 6.92 Å². The quantitative estimate of drug-likeness (QED) is 0.483. The summed E-state index contributed by atoms with van der Waals surface area (Å²) in [4.78, 5) is 15.0. The zero-order valence-electron chi connectivity index (χ0n) is 7.87. The molecule has 1 heterocycles. The lowest BCUT2D eigenvalue weighted by Gasteiger charge is -2.17. The number of rotatable bonds is 3. The summed E-state index contributed by atoms with van der Waals surface area (Å²) in [7, 11) is 0. The van der Waals surface area contributed by atoms with Crippen LogP contribution < -0.4 is 0 Å². The van der Waals surface area contributed by atoms with Crippen LogP contribution in [-0.4, -0.2) is 30.6 Å². The highest BCUT2D eigenvalue weighted by molar-refractivity contribution is 5.81. The third-order valence-electron chi connectivity index (χ3n) is 1.71. The number of esters is 1. The minimum Gasteiger partial charge on any atom is -0.479 e. The minimum atomic E-state index is -0.430. The molecule has 0 saturated carbocycles. The summed E-state index contributed by atoms with van der Waals surface area (Å²) in [5.74, 6) is 0.207. The molecule has 0 bridgehead atoms. The van der Waals surface area contributed by atoms with Gasteiger partial charge in [-0.15, -0.1) is 0 Å². The van der Waals surface area contributed by atoms with Gasteiger partial charge in [-0.3, -0.25) is 0 Å². The fourth-order valence-electron chi connectivity index (χ4n) is 1.06. The molecule has 72 valence electrons. The SMILES string of the molecule is C=CC(=O)OCC1(C)COC(C)=N1. The van der Waals surface area contributed by atoms with Crippen LogP contribution in [0.2, 0.25) is 0 Å². The van der Waals surface area contributed by atoms with Crippen LogP contribution in [0.25, 0.3) is 0 Å². The molecule has 0 amide bonds. The van der Waals surface area contributed by atoms with E-state index in [0.717, 1.165) is 6.08 Å². The smallest absolute Gasteiger partial charge is 0.330 e. The number of aliphatic imine (C=N–C) groups is 1. The summed E-state index contributed by atoms with van der Waals surface area (Å²) in [5.41, 5.74) is -0.428. The second-order valence-electron chi connectivity index (χ2n) is 3.23. The highest BCUT2D eigenvalue weighted by atomic mass is 16.5. The Balaban J connectivity index is 2.45.